The van der Waals surface area contributed by atoms with Crippen LogP contribution in [0, 0.1) is 0 Å². The lowest BCUT2D eigenvalue weighted by atomic mass is 10.1. The van der Waals surface area contributed by atoms with Crippen molar-refractivity contribution in [1.82, 2.24) is 4.98 Å². The number of aromatic amines is 1. The van der Waals surface area contributed by atoms with Crippen LogP contribution >= 0.6 is 0 Å². The molecule has 3 nitrogen and oxygen atoms in total. The van der Waals surface area contributed by atoms with E-state index in [-0.39, 0.29) is 5.56 Å². The van der Waals surface area contributed by atoms with Crippen molar-refractivity contribution < 1.29 is 0 Å². The first-order valence-electron chi connectivity index (χ1n) is 4.79. The smallest absolute Gasteiger partial charge is 0.248 e. The first-order chi connectivity index (χ1) is 7.29. The molecule has 1 aromatic carbocycles. The van der Waals surface area contributed by atoms with E-state index in [0.717, 1.165) is 16.3 Å². The molecule has 0 aliphatic rings. The van der Waals surface area contributed by atoms with Gasteiger partial charge in [-0.05, 0) is 22.4 Å². The number of nitrogens with two attached hydrogens (primary N) is 1. The van der Waals surface area contributed by atoms with Gasteiger partial charge in [-0.2, -0.15) is 0 Å². The summed E-state index contributed by atoms with van der Waals surface area (Å²) >= 11 is 0. The Bertz CT molecular complexity index is 555. The van der Waals surface area contributed by atoms with Crippen molar-refractivity contribution >= 4 is 16.8 Å². The summed E-state index contributed by atoms with van der Waals surface area (Å²) in [5.74, 6) is 0. The molecule has 1 heterocycles. The highest BCUT2D eigenvalue weighted by Gasteiger charge is 1.94. The zero-order valence-electron chi connectivity index (χ0n) is 8.23. The number of rotatable bonds is 2. The second-order valence-corrected chi connectivity index (χ2v) is 3.32. The third-order valence-electron chi connectivity index (χ3n) is 2.21. The SMILES string of the molecule is NCC=Cc1ccc2c[nH]c(=O)cc2c1. The molecule has 0 unspecified atom stereocenters. The average Bonchev–Trinajstić information content (AvgIpc) is 2.25. The molecule has 0 amide bonds. The van der Waals surface area contributed by atoms with Gasteiger partial charge in [0.05, 0.1) is 0 Å². The molecule has 0 radical (unpaired) electrons. The van der Waals surface area contributed by atoms with Crippen molar-refractivity contribution in [3.63, 3.8) is 0 Å². The van der Waals surface area contributed by atoms with E-state index in [1.807, 2.05) is 30.4 Å². The Morgan fingerprint density at radius 1 is 1.27 bits per heavy atom. The molecule has 1 aromatic heterocycles. The van der Waals surface area contributed by atoms with Crippen LogP contribution in [0.4, 0.5) is 0 Å². The van der Waals surface area contributed by atoms with Crippen LogP contribution < -0.4 is 11.3 Å². The van der Waals surface area contributed by atoms with Gasteiger partial charge in [-0.1, -0.05) is 24.3 Å². The molecule has 0 spiro atoms. The number of aromatic nitrogens is 1. The van der Waals surface area contributed by atoms with Gasteiger partial charge in [0.1, 0.15) is 0 Å². The summed E-state index contributed by atoms with van der Waals surface area (Å²) in [4.78, 5) is 13.8. The summed E-state index contributed by atoms with van der Waals surface area (Å²) in [7, 11) is 0. The minimum absolute atomic E-state index is 0.0811. The number of benzene rings is 1. The minimum Gasteiger partial charge on any atom is -0.328 e. The van der Waals surface area contributed by atoms with Gasteiger partial charge in [0.15, 0.2) is 0 Å². The number of nitrogens with one attached hydrogen (secondary N) is 1. The monoisotopic (exact) mass is 200 g/mol. The van der Waals surface area contributed by atoms with Gasteiger partial charge < -0.3 is 10.7 Å². The third-order valence-corrected chi connectivity index (χ3v) is 2.21. The molecule has 3 heteroatoms. The Morgan fingerprint density at radius 2 is 2.13 bits per heavy atom. The van der Waals surface area contributed by atoms with E-state index in [1.165, 1.54) is 0 Å². The van der Waals surface area contributed by atoms with E-state index in [9.17, 15) is 4.79 Å². The predicted octanol–water partition coefficient (Wildman–Crippen LogP) is 1.50. The van der Waals surface area contributed by atoms with E-state index < -0.39 is 0 Å². The zero-order valence-corrected chi connectivity index (χ0v) is 8.23. The molecule has 0 saturated carbocycles. The van der Waals surface area contributed by atoms with Crippen LogP contribution in [-0.4, -0.2) is 11.5 Å². The largest absolute Gasteiger partial charge is 0.328 e. The van der Waals surface area contributed by atoms with E-state index in [2.05, 4.69) is 4.98 Å². The Labute approximate surface area is 87.2 Å². The van der Waals surface area contributed by atoms with Gasteiger partial charge in [0, 0.05) is 18.8 Å². The van der Waals surface area contributed by atoms with Crippen LogP contribution in [0.25, 0.3) is 16.8 Å². The van der Waals surface area contributed by atoms with Crippen molar-refractivity contribution in [3.8, 4) is 0 Å². The highest BCUT2D eigenvalue weighted by atomic mass is 16.1. The van der Waals surface area contributed by atoms with Crippen molar-refractivity contribution in [3.05, 3.63) is 52.5 Å². The predicted molar refractivity (Wildman–Crippen MR) is 62.7 cm³/mol. The molecular weight excluding hydrogens is 188 g/mol. The molecule has 15 heavy (non-hydrogen) atoms. The van der Waals surface area contributed by atoms with E-state index in [4.69, 9.17) is 5.73 Å². The maximum atomic E-state index is 11.1. The summed E-state index contributed by atoms with van der Waals surface area (Å²) in [5, 5.41) is 1.97. The molecule has 0 fully saturated rings. The summed E-state index contributed by atoms with van der Waals surface area (Å²) in [6.45, 7) is 0.521. The second kappa shape index (κ2) is 4.11. The molecular formula is C12H12N2O. The highest BCUT2D eigenvalue weighted by Crippen LogP contribution is 2.13. The molecule has 0 bridgehead atoms. The van der Waals surface area contributed by atoms with Crippen LogP contribution in [-0.2, 0) is 0 Å². The molecule has 0 atom stereocenters. The molecule has 2 aromatic rings. The topological polar surface area (TPSA) is 58.9 Å². The van der Waals surface area contributed by atoms with Crippen molar-refractivity contribution in [1.29, 1.82) is 0 Å². The zero-order chi connectivity index (χ0) is 10.7. The maximum absolute atomic E-state index is 11.1. The molecule has 0 aliphatic carbocycles. The third kappa shape index (κ3) is 2.14. The van der Waals surface area contributed by atoms with Gasteiger partial charge in [-0.25, -0.2) is 0 Å². The number of pyridine rings is 1. The highest BCUT2D eigenvalue weighted by molar-refractivity contribution is 5.83. The lowest BCUT2D eigenvalue weighted by Gasteiger charge is -1.98. The first kappa shape index (κ1) is 9.68. The lowest BCUT2D eigenvalue weighted by Crippen LogP contribution is -2.01. The maximum Gasteiger partial charge on any atom is 0.248 e. The van der Waals surface area contributed by atoms with E-state index in [1.54, 1.807) is 12.3 Å². The molecule has 0 aliphatic heterocycles. The van der Waals surface area contributed by atoms with Crippen molar-refractivity contribution in [2.45, 2.75) is 0 Å². The van der Waals surface area contributed by atoms with E-state index in [0.29, 0.717) is 6.54 Å². The van der Waals surface area contributed by atoms with Gasteiger partial charge in [-0.3, -0.25) is 4.79 Å². The number of hydrogen-bond donors (Lipinski definition) is 2. The normalized spacial score (nSPS) is 11.3. The summed E-state index contributed by atoms with van der Waals surface area (Å²) < 4.78 is 0. The first-order valence-corrected chi connectivity index (χ1v) is 4.79. The quantitative estimate of drug-likeness (QED) is 0.771. The minimum atomic E-state index is -0.0811. The second-order valence-electron chi connectivity index (χ2n) is 3.32. The fourth-order valence-electron chi connectivity index (χ4n) is 1.49. The Hall–Kier alpha value is -1.87. The Kier molecular flexibility index (Phi) is 2.65. The van der Waals surface area contributed by atoms with Crippen molar-refractivity contribution in [2.75, 3.05) is 6.54 Å². The standard InChI is InChI=1S/C12H12N2O/c13-5-1-2-9-3-4-10-8-14-12(15)7-11(10)6-9/h1-4,6-8H,5,13H2,(H,14,15). The van der Waals surface area contributed by atoms with Crippen LogP contribution in [0.2, 0.25) is 0 Å². The number of H-pyrrole nitrogens is 1. The van der Waals surface area contributed by atoms with Crippen molar-refractivity contribution in [2.24, 2.45) is 5.73 Å². The summed E-state index contributed by atoms with van der Waals surface area (Å²) in [6, 6.07) is 7.53. The van der Waals surface area contributed by atoms with Crippen LogP contribution in [0.5, 0.6) is 0 Å². The molecule has 3 N–H and O–H groups in total. The van der Waals surface area contributed by atoms with Gasteiger partial charge >= 0.3 is 0 Å². The lowest BCUT2D eigenvalue weighted by molar-refractivity contribution is 1.26. The molecule has 2 rings (SSSR count). The fourth-order valence-corrected chi connectivity index (χ4v) is 1.49. The van der Waals surface area contributed by atoms with Gasteiger partial charge in [0.2, 0.25) is 5.56 Å². The average molecular weight is 200 g/mol. The van der Waals surface area contributed by atoms with Crippen LogP contribution in [0.1, 0.15) is 5.56 Å². The van der Waals surface area contributed by atoms with E-state index >= 15 is 0 Å². The Morgan fingerprint density at radius 3 is 2.93 bits per heavy atom. The van der Waals surface area contributed by atoms with Gasteiger partial charge in [-0.15, -0.1) is 0 Å². The van der Waals surface area contributed by atoms with Crippen LogP contribution in [0.15, 0.2) is 41.3 Å². The summed E-state index contributed by atoms with van der Waals surface area (Å²) in [6.07, 6.45) is 5.54. The number of hydrogen-bond acceptors (Lipinski definition) is 2. The summed E-state index contributed by atoms with van der Waals surface area (Å²) in [5.41, 5.74) is 6.34. The fraction of sp³-hybridized carbons (Fsp3) is 0.0833. The Balaban J connectivity index is 2.54. The molecule has 76 valence electrons. The molecule has 0 saturated heterocycles. The van der Waals surface area contributed by atoms with Crippen LogP contribution in [0.3, 0.4) is 0 Å². The van der Waals surface area contributed by atoms with Gasteiger partial charge in [0.25, 0.3) is 0 Å². The number of fused-ring (bicyclic) bond motifs is 1.